The molecule has 2 rings (SSSR count). The minimum atomic E-state index is -0.988. The number of aliphatic hydroxyl groups is 1. The van der Waals surface area contributed by atoms with Crippen LogP contribution in [0.4, 0.5) is 0 Å². The van der Waals surface area contributed by atoms with Crippen LogP contribution in [0.25, 0.3) is 0 Å². The molecule has 0 saturated carbocycles. The quantitative estimate of drug-likeness (QED) is 0.636. The number of benzene rings is 1. The van der Waals surface area contributed by atoms with E-state index in [1.54, 1.807) is 0 Å². The minimum absolute atomic E-state index is 0.258. The molecular weight excluding hydrogens is 334 g/mol. The summed E-state index contributed by atoms with van der Waals surface area (Å²) in [7, 11) is 0. The lowest BCUT2D eigenvalue weighted by molar-refractivity contribution is 0.0411. The molecule has 0 amide bonds. The van der Waals surface area contributed by atoms with Crippen molar-refractivity contribution >= 4 is 21.9 Å². The van der Waals surface area contributed by atoms with Gasteiger partial charge in [0.05, 0.1) is 19.8 Å². The van der Waals surface area contributed by atoms with Gasteiger partial charge in [0.1, 0.15) is 5.60 Å². The van der Waals surface area contributed by atoms with E-state index in [9.17, 15) is 5.11 Å². The van der Waals surface area contributed by atoms with E-state index in [2.05, 4.69) is 20.9 Å². The Morgan fingerprint density at radius 1 is 1.38 bits per heavy atom. The van der Waals surface area contributed by atoms with Crippen LogP contribution in [0.1, 0.15) is 18.9 Å². The van der Waals surface area contributed by atoms with Gasteiger partial charge in [-0.2, -0.15) is 0 Å². The van der Waals surface area contributed by atoms with Gasteiger partial charge in [-0.25, -0.2) is 4.99 Å². The van der Waals surface area contributed by atoms with Gasteiger partial charge in [-0.15, -0.1) is 0 Å². The number of hydrogen-bond donors (Lipinski definition) is 2. The van der Waals surface area contributed by atoms with Crippen molar-refractivity contribution in [2.24, 2.45) is 10.7 Å². The smallest absolute Gasteiger partial charge is 0.191 e. The average Bonchev–Trinajstić information content (AvgIpc) is 2.53. The summed E-state index contributed by atoms with van der Waals surface area (Å²) in [6, 6.07) is 7.66. The van der Waals surface area contributed by atoms with E-state index in [0.717, 1.165) is 23.1 Å². The lowest BCUT2D eigenvalue weighted by atomic mass is 9.91. The van der Waals surface area contributed by atoms with Crippen molar-refractivity contribution in [1.29, 1.82) is 0 Å². The van der Waals surface area contributed by atoms with Crippen molar-refractivity contribution in [3.8, 4) is 0 Å². The number of hydrogen-bond acceptors (Lipinski definition) is 3. The summed E-state index contributed by atoms with van der Waals surface area (Å²) >= 11 is 3.40. The van der Waals surface area contributed by atoms with Gasteiger partial charge in [0.25, 0.3) is 0 Å². The summed E-state index contributed by atoms with van der Waals surface area (Å²) in [5.74, 6) is 0.474. The van der Waals surface area contributed by atoms with Crippen molar-refractivity contribution in [2.75, 3.05) is 32.8 Å². The summed E-state index contributed by atoms with van der Waals surface area (Å²) < 4.78 is 6.28. The number of ether oxygens (including phenoxy) is 1. The number of rotatable bonds is 4. The maximum absolute atomic E-state index is 10.8. The van der Waals surface area contributed by atoms with Crippen molar-refractivity contribution in [1.82, 2.24) is 4.90 Å². The standard InChI is InChI=1S/C15H22BrN3O2/c1-2-15(20,12-3-5-13(16)6-4-12)11-18-14(17)19-7-9-21-10-8-19/h3-6,20H,2,7-11H2,1H3,(H2,17,18). The molecule has 0 radical (unpaired) electrons. The zero-order chi connectivity index (χ0) is 15.3. The molecule has 116 valence electrons. The molecule has 1 aromatic carbocycles. The number of morpholine rings is 1. The highest BCUT2D eigenvalue weighted by molar-refractivity contribution is 9.10. The normalized spacial score (nSPS) is 19.4. The Morgan fingerprint density at radius 2 is 2.00 bits per heavy atom. The van der Waals surface area contributed by atoms with Crippen molar-refractivity contribution in [2.45, 2.75) is 18.9 Å². The predicted molar refractivity (Wildman–Crippen MR) is 87.2 cm³/mol. The summed E-state index contributed by atoms with van der Waals surface area (Å²) in [5.41, 5.74) is 5.88. The van der Waals surface area contributed by atoms with Crippen LogP contribution in [-0.2, 0) is 10.3 Å². The molecule has 1 unspecified atom stereocenters. The molecule has 1 fully saturated rings. The van der Waals surface area contributed by atoms with Gasteiger partial charge >= 0.3 is 0 Å². The number of nitrogens with two attached hydrogens (primary N) is 1. The monoisotopic (exact) mass is 355 g/mol. The van der Waals surface area contributed by atoms with Crippen LogP contribution in [0.15, 0.2) is 33.7 Å². The summed E-state index contributed by atoms with van der Waals surface area (Å²) in [6.45, 7) is 5.04. The molecule has 6 heteroatoms. The molecule has 3 N–H and O–H groups in total. The minimum Gasteiger partial charge on any atom is -0.383 e. The Labute approximate surface area is 133 Å². The van der Waals surface area contributed by atoms with Gasteiger partial charge < -0.3 is 20.5 Å². The molecule has 1 heterocycles. The maximum Gasteiger partial charge on any atom is 0.191 e. The van der Waals surface area contributed by atoms with E-state index in [0.29, 0.717) is 25.6 Å². The first-order chi connectivity index (χ1) is 10.0. The Balaban J connectivity index is 2.08. The Hall–Kier alpha value is -1.11. The highest BCUT2D eigenvalue weighted by atomic mass is 79.9. The highest BCUT2D eigenvalue weighted by Gasteiger charge is 2.27. The molecule has 1 aliphatic rings. The van der Waals surface area contributed by atoms with Crippen molar-refractivity contribution < 1.29 is 9.84 Å². The van der Waals surface area contributed by atoms with Gasteiger partial charge in [-0.3, -0.25) is 0 Å². The predicted octanol–water partition coefficient (Wildman–Crippen LogP) is 1.69. The third-order valence-electron chi connectivity index (χ3n) is 3.80. The molecule has 1 atom stereocenters. The zero-order valence-corrected chi connectivity index (χ0v) is 13.8. The molecule has 0 aliphatic carbocycles. The Bertz CT molecular complexity index is 486. The van der Waals surface area contributed by atoms with E-state index in [1.165, 1.54) is 0 Å². The summed E-state index contributed by atoms with van der Waals surface area (Å²) in [6.07, 6.45) is 0.578. The highest BCUT2D eigenvalue weighted by Crippen LogP contribution is 2.26. The van der Waals surface area contributed by atoms with E-state index >= 15 is 0 Å². The van der Waals surface area contributed by atoms with Crippen LogP contribution >= 0.6 is 15.9 Å². The summed E-state index contributed by atoms with van der Waals surface area (Å²) in [4.78, 5) is 6.38. The second-order valence-electron chi connectivity index (χ2n) is 5.17. The van der Waals surface area contributed by atoms with Crippen LogP contribution in [0.2, 0.25) is 0 Å². The number of halogens is 1. The topological polar surface area (TPSA) is 71.1 Å². The molecule has 1 saturated heterocycles. The van der Waals surface area contributed by atoms with E-state index < -0.39 is 5.60 Å². The van der Waals surface area contributed by atoms with Gasteiger partial charge in [-0.05, 0) is 24.1 Å². The number of aliphatic imine (C=N–C) groups is 1. The third kappa shape index (κ3) is 4.18. The fourth-order valence-corrected chi connectivity index (χ4v) is 2.54. The molecule has 0 bridgehead atoms. The van der Waals surface area contributed by atoms with Crippen LogP contribution in [0.5, 0.6) is 0 Å². The molecule has 1 aromatic rings. The van der Waals surface area contributed by atoms with Gasteiger partial charge in [0.2, 0.25) is 0 Å². The fourth-order valence-electron chi connectivity index (χ4n) is 2.27. The van der Waals surface area contributed by atoms with Gasteiger partial charge in [0.15, 0.2) is 5.96 Å². The number of guanidine groups is 1. The number of nitrogens with zero attached hydrogens (tertiary/aromatic N) is 2. The maximum atomic E-state index is 10.8. The first-order valence-corrected chi connectivity index (χ1v) is 7.95. The van der Waals surface area contributed by atoms with Gasteiger partial charge in [-0.1, -0.05) is 35.0 Å². The first-order valence-electron chi connectivity index (χ1n) is 7.16. The largest absolute Gasteiger partial charge is 0.383 e. The molecule has 21 heavy (non-hydrogen) atoms. The second kappa shape index (κ2) is 7.24. The van der Waals surface area contributed by atoms with Crippen LogP contribution in [0.3, 0.4) is 0 Å². The molecule has 5 nitrogen and oxygen atoms in total. The molecule has 0 aromatic heterocycles. The SMILES string of the molecule is CCC(O)(CN=C(N)N1CCOCC1)c1ccc(Br)cc1. The Kier molecular flexibility index (Phi) is 5.61. The lowest BCUT2D eigenvalue weighted by Crippen LogP contribution is -2.45. The van der Waals surface area contributed by atoms with Crippen molar-refractivity contribution in [3.63, 3.8) is 0 Å². The lowest BCUT2D eigenvalue weighted by Gasteiger charge is -2.29. The first kappa shape index (κ1) is 16.3. The average molecular weight is 356 g/mol. The third-order valence-corrected chi connectivity index (χ3v) is 4.33. The molecule has 1 aliphatic heterocycles. The molecular formula is C15H22BrN3O2. The van der Waals surface area contributed by atoms with Crippen LogP contribution in [-0.4, -0.2) is 48.8 Å². The zero-order valence-electron chi connectivity index (χ0n) is 12.3. The van der Waals surface area contributed by atoms with E-state index in [-0.39, 0.29) is 6.54 Å². The summed E-state index contributed by atoms with van der Waals surface area (Å²) in [5, 5.41) is 10.8. The fraction of sp³-hybridized carbons (Fsp3) is 0.533. The van der Waals surface area contributed by atoms with Crippen LogP contribution in [0, 0.1) is 0 Å². The van der Waals surface area contributed by atoms with Crippen LogP contribution < -0.4 is 5.73 Å². The van der Waals surface area contributed by atoms with Crippen molar-refractivity contribution in [3.05, 3.63) is 34.3 Å². The Morgan fingerprint density at radius 3 is 2.57 bits per heavy atom. The van der Waals surface area contributed by atoms with Gasteiger partial charge in [0, 0.05) is 17.6 Å². The molecule has 0 spiro atoms. The van der Waals surface area contributed by atoms with E-state index in [1.807, 2.05) is 36.1 Å². The second-order valence-corrected chi connectivity index (χ2v) is 6.08. The van der Waals surface area contributed by atoms with E-state index in [4.69, 9.17) is 10.5 Å².